The van der Waals surface area contributed by atoms with Crippen LogP contribution in [0, 0.1) is 0 Å². The van der Waals surface area contributed by atoms with E-state index in [1.165, 1.54) is 39.0 Å². The second kappa shape index (κ2) is 6.73. The molecule has 0 bridgehead atoms. The minimum atomic E-state index is 0.113. The van der Waals surface area contributed by atoms with E-state index in [0.717, 1.165) is 12.8 Å². The SMILES string of the molecule is CC(C)c1c2c(cc(C(C)(C)C)c1C1=CC=CC1)-c1cc(C(C)(C)C)ccc1C2. The summed E-state index contributed by atoms with van der Waals surface area (Å²) in [5.41, 5.74) is 13.8. The topological polar surface area (TPSA) is 0 Å². The van der Waals surface area contributed by atoms with Gasteiger partial charge >= 0.3 is 0 Å². The lowest BCUT2D eigenvalue weighted by Gasteiger charge is -2.30. The zero-order valence-electron chi connectivity index (χ0n) is 19.5. The van der Waals surface area contributed by atoms with E-state index in [-0.39, 0.29) is 10.8 Å². The summed E-state index contributed by atoms with van der Waals surface area (Å²) in [6.45, 7) is 18.8. The fraction of sp³-hybridized carbons (Fsp3) is 0.448. The second-order valence-electron chi connectivity index (χ2n) is 11.3. The van der Waals surface area contributed by atoms with E-state index in [2.05, 4.69) is 97.9 Å². The van der Waals surface area contributed by atoms with Crippen molar-refractivity contribution >= 4 is 5.57 Å². The third-order valence-corrected chi connectivity index (χ3v) is 6.59. The highest BCUT2D eigenvalue weighted by Gasteiger charge is 2.32. The molecular formula is C29H36. The molecule has 0 N–H and O–H groups in total. The molecule has 0 nitrogen and oxygen atoms in total. The van der Waals surface area contributed by atoms with E-state index in [9.17, 15) is 0 Å². The summed E-state index contributed by atoms with van der Waals surface area (Å²) in [5, 5.41) is 0. The molecule has 0 heterocycles. The van der Waals surface area contributed by atoms with Gasteiger partial charge in [0.25, 0.3) is 0 Å². The van der Waals surface area contributed by atoms with Gasteiger partial charge in [-0.1, -0.05) is 91.8 Å². The Kier molecular flexibility index (Phi) is 4.69. The van der Waals surface area contributed by atoms with Crippen LogP contribution >= 0.6 is 0 Å². The molecule has 0 aromatic heterocycles. The molecule has 0 radical (unpaired) electrons. The quantitative estimate of drug-likeness (QED) is 0.416. The van der Waals surface area contributed by atoms with Crippen LogP contribution in [0.25, 0.3) is 16.7 Å². The average Bonchev–Trinajstić information content (AvgIpc) is 3.25. The van der Waals surface area contributed by atoms with Crippen LogP contribution in [-0.4, -0.2) is 0 Å². The summed E-state index contributed by atoms with van der Waals surface area (Å²) in [6, 6.07) is 9.73. The fourth-order valence-electron chi connectivity index (χ4n) is 5.02. The Labute approximate surface area is 177 Å². The molecule has 152 valence electrons. The maximum absolute atomic E-state index is 2.54. The van der Waals surface area contributed by atoms with E-state index in [1.54, 1.807) is 11.1 Å². The first-order valence-electron chi connectivity index (χ1n) is 11.2. The van der Waals surface area contributed by atoms with Crippen LogP contribution in [-0.2, 0) is 17.3 Å². The van der Waals surface area contributed by atoms with Gasteiger partial charge in [0.05, 0.1) is 0 Å². The van der Waals surface area contributed by atoms with Crippen molar-refractivity contribution in [3.63, 3.8) is 0 Å². The van der Waals surface area contributed by atoms with Gasteiger partial charge in [-0.2, -0.15) is 0 Å². The first-order chi connectivity index (χ1) is 13.5. The molecule has 2 aromatic rings. The molecule has 2 aliphatic carbocycles. The van der Waals surface area contributed by atoms with Gasteiger partial charge < -0.3 is 0 Å². The fourth-order valence-corrected chi connectivity index (χ4v) is 5.02. The van der Waals surface area contributed by atoms with Crippen LogP contribution in [0.1, 0.15) is 101 Å². The van der Waals surface area contributed by atoms with Crippen LogP contribution in [0.3, 0.4) is 0 Å². The van der Waals surface area contributed by atoms with E-state index < -0.39 is 0 Å². The van der Waals surface area contributed by atoms with Crippen molar-refractivity contribution in [1.82, 2.24) is 0 Å². The van der Waals surface area contributed by atoms with Crippen LogP contribution in [0.15, 0.2) is 42.5 Å². The van der Waals surface area contributed by atoms with Crippen LogP contribution in [0.5, 0.6) is 0 Å². The van der Waals surface area contributed by atoms with E-state index >= 15 is 0 Å². The molecule has 0 heteroatoms. The molecule has 4 rings (SSSR count). The Morgan fingerprint density at radius 1 is 0.862 bits per heavy atom. The number of hydrogen-bond donors (Lipinski definition) is 0. The Balaban J connectivity index is 2.03. The smallest absolute Gasteiger partial charge is 0.00104 e. The summed E-state index contributed by atoms with van der Waals surface area (Å²) in [7, 11) is 0. The van der Waals surface area contributed by atoms with Gasteiger partial charge in [-0.3, -0.25) is 0 Å². The Morgan fingerprint density at radius 2 is 1.59 bits per heavy atom. The number of benzene rings is 2. The number of rotatable bonds is 2. The van der Waals surface area contributed by atoms with Crippen LogP contribution < -0.4 is 0 Å². The third-order valence-electron chi connectivity index (χ3n) is 6.59. The highest BCUT2D eigenvalue weighted by atomic mass is 14.4. The van der Waals surface area contributed by atoms with Crippen molar-refractivity contribution in [1.29, 1.82) is 0 Å². The standard InChI is InChI=1S/C29H36/c1-18(2)26-24-15-20-13-14-21(28(3,4)5)16-22(20)23(24)17-25(29(6,7)8)27(26)19-11-9-10-12-19/h9-11,13-14,16-18H,12,15H2,1-8H3. The summed E-state index contributed by atoms with van der Waals surface area (Å²) >= 11 is 0. The zero-order valence-corrected chi connectivity index (χ0v) is 19.5. The molecule has 0 atom stereocenters. The molecule has 0 unspecified atom stereocenters. The molecule has 0 aliphatic heterocycles. The summed E-state index contributed by atoms with van der Waals surface area (Å²) in [5.74, 6) is 0.513. The molecular weight excluding hydrogens is 348 g/mol. The predicted octanol–water partition coefficient (Wildman–Crippen LogP) is 8.32. The Morgan fingerprint density at radius 3 is 2.14 bits per heavy atom. The monoisotopic (exact) mass is 384 g/mol. The molecule has 29 heavy (non-hydrogen) atoms. The molecule has 0 amide bonds. The van der Waals surface area contributed by atoms with Crippen molar-refractivity contribution in [3.05, 3.63) is 75.9 Å². The molecule has 0 spiro atoms. The van der Waals surface area contributed by atoms with Gasteiger partial charge in [0, 0.05) is 0 Å². The molecule has 0 fully saturated rings. The van der Waals surface area contributed by atoms with Gasteiger partial charge in [0.2, 0.25) is 0 Å². The van der Waals surface area contributed by atoms with Crippen LogP contribution in [0.4, 0.5) is 0 Å². The molecule has 2 aromatic carbocycles. The number of allylic oxidation sites excluding steroid dienone is 4. The Bertz CT molecular complexity index is 1030. The second-order valence-corrected chi connectivity index (χ2v) is 11.3. The van der Waals surface area contributed by atoms with Crippen molar-refractivity contribution in [2.75, 3.05) is 0 Å². The predicted molar refractivity (Wildman–Crippen MR) is 128 cm³/mol. The van der Waals surface area contributed by atoms with Gasteiger partial charge in [0.1, 0.15) is 0 Å². The normalized spacial score (nSPS) is 15.7. The lowest BCUT2D eigenvalue weighted by molar-refractivity contribution is 0.586. The van der Waals surface area contributed by atoms with Gasteiger partial charge in [-0.15, -0.1) is 0 Å². The maximum Gasteiger partial charge on any atom is -0.00104 e. The van der Waals surface area contributed by atoms with E-state index in [0.29, 0.717) is 5.92 Å². The highest BCUT2D eigenvalue weighted by molar-refractivity contribution is 5.86. The third kappa shape index (κ3) is 3.41. The van der Waals surface area contributed by atoms with Crippen LogP contribution in [0.2, 0.25) is 0 Å². The molecule has 0 saturated carbocycles. The molecule has 2 aliphatic rings. The van der Waals surface area contributed by atoms with E-state index in [1.807, 2.05) is 0 Å². The number of hydrogen-bond acceptors (Lipinski definition) is 0. The summed E-state index contributed by atoms with van der Waals surface area (Å²) < 4.78 is 0. The zero-order chi connectivity index (χ0) is 21.1. The minimum Gasteiger partial charge on any atom is -0.0801 e. The largest absolute Gasteiger partial charge is 0.0801 e. The van der Waals surface area contributed by atoms with E-state index in [4.69, 9.17) is 0 Å². The Hall–Kier alpha value is -2.08. The highest BCUT2D eigenvalue weighted by Crippen LogP contribution is 2.48. The maximum atomic E-state index is 2.54. The van der Waals surface area contributed by atoms with Crippen molar-refractivity contribution in [2.24, 2.45) is 0 Å². The number of fused-ring (bicyclic) bond motifs is 3. The molecule has 0 saturated heterocycles. The van der Waals surface area contributed by atoms with Crippen molar-refractivity contribution in [2.45, 2.75) is 85.0 Å². The minimum absolute atomic E-state index is 0.113. The lowest BCUT2D eigenvalue weighted by Crippen LogP contribution is -2.17. The van der Waals surface area contributed by atoms with Gasteiger partial charge in [-0.05, 0) is 85.7 Å². The lowest BCUT2D eigenvalue weighted by atomic mass is 9.74. The first-order valence-corrected chi connectivity index (χ1v) is 11.2. The summed E-state index contributed by atoms with van der Waals surface area (Å²) in [6.07, 6.45) is 8.99. The van der Waals surface area contributed by atoms with Crippen molar-refractivity contribution in [3.8, 4) is 11.1 Å². The van der Waals surface area contributed by atoms with Crippen molar-refractivity contribution < 1.29 is 0 Å². The van der Waals surface area contributed by atoms with Gasteiger partial charge in [0.15, 0.2) is 0 Å². The average molecular weight is 385 g/mol. The van der Waals surface area contributed by atoms with Gasteiger partial charge in [-0.25, -0.2) is 0 Å². The first kappa shape index (κ1) is 20.2. The summed E-state index contributed by atoms with van der Waals surface area (Å²) in [4.78, 5) is 0.